The maximum absolute atomic E-state index is 11.4. The highest BCUT2D eigenvalue weighted by atomic mass is 16.5. The molecule has 0 spiro atoms. The summed E-state index contributed by atoms with van der Waals surface area (Å²) in [6.07, 6.45) is 3.14. The van der Waals surface area contributed by atoms with Gasteiger partial charge in [0.1, 0.15) is 0 Å². The Morgan fingerprint density at radius 1 is 1.27 bits per heavy atom. The summed E-state index contributed by atoms with van der Waals surface area (Å²) in [5.41, 5.74) is -0.451. The van der Waals surface area contributed by atoms with Gasteiger partial charge in [0, 0.05) is 11.5 Å². The lowest BCUT2D eigenvalue weighted by Gasteiger charge is -2.13. The number of ketones is 1. The van der Waals surface area contributed by atoms with Gasteiger partial charge in [-0.3, -0.25) is 4.79 Å². The third kappa shape index (κ3) is 6.05. The van der Waals surface area contributed by atoms with Gasteiger partial charge in [-0.25, -0.2) is 4.79 Å². The van der Waals surface area contributed by atoms with E-state index in [4.69, 9.17) is 4.74 Å². The first-order valence-electron chi connectivity index (χ1n) is 5.20. The van der Waals surface area contributed by atoms with Crippen LogP contribution in [0.25, 0.3) is 0 Å². The third-order valence-corrected chi connectivity index (χ3v) is 2.00. The first-order chi connectivity index (χ1) is 6.77. The SMILES string of the molecule is CCC(C)OC(=O)/C=C\C(=O)C(C)(C)C. The molecule has 15 heavy (non-hydrogen) atoms. The molecule has 0 saturated heterocycles. The molecule has 0 heterocycles. The fraction of sp³-hybridized carbons (Fsp3) is 0.667. The maximum atomic E-state index is 11.4. The Bertz CT molecular complexity index is 259. The van der Waals surface area contributed by atoms with Crippen LogP contribution in [-0.4, -0.2) is 17.9 Å². The first-order valence-corrected chi connectivity index (χ1v) is 5.20. The van der Waals surface area contributed by atoms with Gasteiger partial charge in [0.15, 0.2) is 5.78 Å². The van der Waals surface area contributed by atoms with Gasteiger partial charge in [0.25, 0.3) is 0 Å². The van der Waals surface area contributed by atoms with Gasteiger partial charge in [0.05, 0.1) is 6.10 Å². The summed E-state index contributed by atoms with van der Waals surface area (Å²) in [5, 5.41) is 0. The molecule has 1 atom stereocenters. The fourth-order valence-electron chi connectivity index (χ4n) is 0.715. The molecule has 0 aliphatic rings. The van der Waals surface area contributed by atoms with E-state index in [9.17, 15) is 9.59 Å². The van der Waals surface area contributed by atoms with Crippen LogP contribution >= 0.6 is 0 Å². The fourth-order valence-corrected chi connectivity index (χ4v) is 0.715. The van der Waals surface area contributed by atoms with E-state index in [1.807, 2.05) is 13.8 Å². The van der Waals surface area contributed by atoms with Gasteiger partial charge in [-0.2, -0.15) is 0 Å². The van der Waals surface area contributed by atoms with E-state index in [-0.39, 0.29) is 11.9 Å². The minimum Gasteiger partial charge on any atom is -0.460 e. The molecule has 0 N–H and O–H groups in total. The Morgan fingerprint density at radius 3 is 2.20 bits per heavy atom. The Labute approximate surface area is 91.5 Å². The normalized spacial score (nSPS) is 13.9. The number of carbonyl (C=O) groups excluding carboxylic acids is 2. The van der Waals surface area contributed by atoms with Crippen molar-refractivity contribution < 1.29 is 14.3 Å². The van der Waals surface area contributed by atoms with Crippen LogP contribution in [0.5, 0.6) is 0 Å². The third-order valence-electron chi connectivity index (χ3n) is 2.00. The summed E-state index contributed by atoms with van der Waals surface area (Å²) in [7, 11) is 0. The topological polar surface area (TPSA) is 43.4 Å². The van der Waals surface area contributed by atoms with Crippen molar-refractivity contribution in [1.29, 1.82) is 0 Å². The van der Waals surface area contributed by atoms with Crippen molar-refractivity contribution in [2.24, 2.45) is 5.41 Å². The molecule has 0 aromatic heterocycles. The highest BCUT2D eigenvalue weighted by Crippen LogP contribution is 2.14. The van der Waals surface area contributed by atoms with Gasteiger partial charge in [-0.1, -0.05) is 27.7 Å². The van der Waals surface area contributed by atoms with Gasteiger partial charge in [-0.05, 0) is 19.4 Å². The highest BCUT2D eigenvalue weighted by Gasteiger charge is 2.18. The van der Waals surface area contributed by atoms with Gasteiger partial charge >= 0.3 is 5.97 Å². The number of esters is 1. The van der Waals surface area contributed by atoms with Crippen molar-refractivity contribution in [3.8, 4) is 0 Å². The summed E-state index contributed by atoms with van der Waals surface area (Å²) in [6, 6.07) is 0. The van der Waals surface area contributed by atoms with Gasteiger partial charge in [-0.15, -0.1) is 0 Å². The molecule has 0 rings (SSSR count). The lowest BCUT2D eigenvalue weighted by Crippen LogP contribution is -2.18. The Morgan fingerprint density at radius 2 is 1.80 bits per heavy atom. The molecule has 0 fully saturated rings. The van der Waals surface area contributed by atoms with E-state index >= 15 is 0 Å². The number of carbonyl (C=O) groups is 2. The van der Waals surface area contributed by atoms with E-state index in [1.165, 1.54) is 12.2 Å². The van der Waals surface area contributed by atoms with E-state index < -0.39 is 11.4 Å². The van der Waals surface area contributed by atoms with E-state index in [2.05, 4.69) is 0 Å². The Balaban J connectivity index is 4.19. The molecule has 0 aromatic rings. The smallest absolute Gasteiger partial charge is 0.331 e. The summed E-state index contributed by atoms with van der Waals surface area (Å²) in [6.45, 7) is 9.16. The minimum atomic E-state index is -0.457. The van der Waals surface area contributed by atoms with Crippen LogP contribution in [0, 0.1) is 5.41 Å². The monoisotopic (exact) mass is 212 g/mol. The van der Waals surface area contributed by atoms with E-state index in [0.29, 0.717) is 0 Å². The summed E-state index contributed by atoms with van der Waals surface area (Å²) < 4.78 is 4.98. The lowest BCUT2D eigenvalue weighted by atomic mass is 9.91. The number of allylic oxidation sites excluding steroid dienone is 1. The zero-order valence-corrected chi connectivity index (χ0v) is 10.2. The van der Waals surface area contributed by atoms with Crippen LogP contribution in [0.1, 0.15) is 41.0 Å². The Kier molecular flexibility index (Phi) is 5.26. The van der Waals surface area contributed by atoms with Crippen LogP contribution in [0.2, 0.25) is 0 Å². The zero-order chi connectivity index (χ0) is 12.1. The molecule has 0 saturated carbocycles. The summed E-state index contributed by atoms with van der Waals surface area (Å²) >= 11 is 0. The van der Waals surface area contributed by atoms with Crippen LogP contribution in [0.4, 0.5) is 0 Å². The van der Waals surface area contributed by atoms with Crippen LogP contribution in [0.15, 0.2) is 12.2 Å². The predicted octanol–water partition coefficient (Wildman–Crippen LogP) is 2.50. The maximum Gasteiger partial charge on any atom is 0.331 e. The molecule has 0 aliphatic carbocycles. The summed E-state index contributed by atoms with van der Waals surface area (Å²) in [5.74, 6) is -0.537. The highest BCUT2D eigenvalue weighted by molar-refractivity contribution is 5.98. The second-order valence-electron chi connectivity index (χ2n) is 4.60. The van der Waals surface area contributed by atoms with E-state index in [1.54, 1.807) is 20.8 Å². The average molecular weight is 212 g/mol. The number of hydrogen-bond donors (Lipinski definition) is 0. The average Bonchev–Trinajstić information content (AvgIpc) is 2.12. The molecular formula is C12H20O3. The van der Waals surface area contributed by atoms with Crippen molar-refractivity contribution in [3.63, 3.8) is 0 Å². The number of hydrogen-bond acceptors (Lipinski definition) is 3. The standard InChI is InChI=1S/C12H20O3/c1-6-9(2)15-11(14)8-7-10(13)12(3,4)5/h7-9H,6H2,1-5H3/b8-7-. The zero-order valence-electron chi connectivity index (χ0n) is 10.2. The molecular weight excluding hydrogens is 192 g/mol. The molecule has 0 radical (unpaired) electrons. The van der Waals surface area contributed by atoms with E-state index in [0.717, 1.165) is 6.42 Å². The largest absolute Gasteiger partial charge is 0.460 e. The van der Waals surface area contributed by atoms with Crippen molar-refractivity contribution in [2.75, 3.05) is 0 Å². The predicted molar refractivity (Wildman–Crippen MR) is 59.4 cm³/mol. The molecule has 3 heteroatoms. The molecule has 0 aromatic carbocycles. The quantitative estimate of drug-likeness (QED) is 0.531. The second-order valence-corrected chi connectivity index (χ2v) is 4.60. The minimum absolute atomic E-state index is 0.0800. The molecule has 1 unspecified atom stereocenters. The first kappa shape index (κ1) is 13.9. The van der Waals surface area contributed by atoms with Crippen molar-refractivity contribution in [3.05, 3.63) is 12.2 Å². The van der Waals surface area contributed by atoms with Crippen LogP contribution < -0.4 is 0 Å². The summed E-state index contributed by atoms with van der Waals surface area (Å²) in [4.78, 5) is 22.6. The Hall–Kier alpha value is -1.12. The van der Waals surface area contributed by atoms with Crippen LogP contribution in [-0.2, 0) is 14.3 Å². The van der Waals surface area contributed by atoms with Crippen LogP contribution in [0.3, 0.4) is 0 Å². The van der Waals surface area contributed by atoms with Crippen molar-refractivity contribution >= 4 is 11.8 Å². The van der Waals surface area contributed by atoms with Crippen molar-refractivity contribution in [2.45, 2.75) is 47.1 Å². The molecule has 0 amide bonds. The van der Waals surface area contributed by atoms with Crippen molar-refractivity contribution in [1.82, 2.24) is 0 Å². The number of ether oxygens (including phenoxy) is 1. The lowest BCUT2D eigenvalue weighted by molar-refractivity contribution is -0.142. The number of rotatable bonds is 4. The van der Waals surface area contributed by atoms with Gasteiger partial charge < -0.3 is 4.74 Å². The van der Waals surface area contributed by atoms with Gasteiger partial charge in [0.2, 0.25) is 0 Å². The second kappa shape index (κ2) is 5.69. The molecule has 86 valence electrons. The molecule has 3 nitrogen and oxygen atoms in total. The molecule has 0 aliphatic heterocycles. The molecule has 0 bridgehead atoms.